The molecule has 0 fully saturated rings. The number of aromatic nitrogens is 1. The van der Waals surface area contributed by atoms with Gasteiger partial charge in [0.15, 0.2) is 0 Å². The monoisotopic (exact) mass is 498 g/mol. The first-order chi connectivity index (χ1) is 16.5. The fourth-order valence-corrected chi connectivity index (χ4v) is 4.00. The Labute approximate surface area is 206 Å². The van der Waals surface area contributed by atoms with E-state index in [0.717, 1.165) is 56.7 Å². The minimum absolute atomic E-state index is 0.0855. The summed E-state index contributed by atoms with van der Waals surface area (Å²) in [5, 5.41) is 15.0. The van der Waals surface area contributed by atoms with Crippen LogP contribution in [-0.2, 0) is 27.2 Å². The molecule has 0 aliphatic carbocycles. The lowest BCUT2D eigenvalue weighted by Gasteiger charge is -2.25. The number of hydrogen-bond donors (Lipinski definition) is 3. The average Bonchev–Trinajstić information content (AvgIpc) is 2.77. The lowest BCUT2D eigenvalue weighted by molar-refractivity contribution is -0.143. The fraction of sp³-hybridized carbons (Fsp3) is 0.720. The number of carboxylic acids is 1. The Balaban J connectivity index is 1.84. The van der Waals surface area contributed by atoms with E-state index in [4.69, 9.17) is 9.72 Å². The van der Waals surface area contributed by atoms with E-state index in [0.29, 0.717) is 26.6 Å². The normalized spacial score (nSPS) is 14.5. The van der Waals surface area contributed by atoms with Gasteiger partial charge in [0.1, 0.15) is 11.9 Å². The van der Waals surface area contributed by atoms with Crippen LogP contribution in [0.4, 0.5) is 14.6 Å². The van der Waals surface area contributed by atoms with E-state index in [1.807, 2.05) is 13.8 Å². The number of unbranched alkanes of at least 4 members (excludes halogenated alkanes) is 1. The molecule has 1 unspecified atom stereocenters. The highest BCUT2D eigenvalue weighted by Gasteiger charge is 2.28. The zero-order valence-electron chi connectivity index (χ0n) is 21.1. The van der Waals surface area contributed by atoms with Crippen LogP contribution in [0.3, 0.4) is 0 Å². The first-order valence-electron chi connectivity index (χ1n) is 12.5. The summed E-state index contributed by atoms with van der Waals surface area (Å²) in [6.07, 6.45) is 4.03. The van der Waals surface area contributed by atoms with Crippen molar-refractivity contribution in [3.63, 3.8) is 0 Å². The lowest BCUT2D eigenvalue weighted by Crippen LogP contribution is -2.44. The highest BCUT2D eigenvalue weighted by Crippen LogP contribution is 2.20. The second-order valence-electron chi connectivity index (χ2n) is 9.55. The number of fused-ring (bicyclic) bond motifs is 1. The quantitative estimate of drug-likeness (QED) is 0.300. The maximum Gasteiger partial charge on any atom is 0.326 e. The van der Waals surface area contributed by atoms with Gasteiger partial charge in [-0.15, -0.1) is 0 Å². The van der Waals surface area contributed by atoms with Crippen molar-refractivity contribution < 1.29 is 28.2 Å². The molecule has 0 saturated carbocycles. The second-order valence-corrected chi connectivity index (χ2v) is 9.55. The molecule has 2 heterocycles. The smallest absolute Gasteiger partial charge is 0.326 e. The van der Waals surface area contributed by atoms with Crippen LogP contribution in [0.25, 0.3) is 0 Å². The van der Waals surface area contributed by atoms with Crippen molar-refractivity contribution in [2.24, 2.45) is 0 Å². The van der Waals surface area contributed by atoms with Crippen LogP contribution < -0.4 is 10.6 Å². The third-order valence-electron chi connectivity index (χ3n) is 5.81. The standard InChI is InChI=1S/C25H40F2N4O4/c1-18(2)35-16-15-31(14-11-21(24(33)34)30-22(32)17-25(3,26)27)13-5-4-8-20-10-9-19-7-6-12-28-23(19)29-20/h9-10,18,21H,4-8,11-17H2,1-3H3,(H,28,29)(H,30,32)(H,33,34). The maximum atomic E-state index is 13.1. The van der Waals surface area contributed by atoms with Gasteiger partial charge in [0, 0.05) is 25.3 Å². The van der Waals surface area contributed by atoms with E-state index in [1.165, 1.54) is 5.56 Å². The Morgan fingerprint density at radius 1 is 1.26 bits per heavy atom. The molecular formula is C25H40F2N4O4. The molecule has 0 aromatic carbocycles. The van der Waals surface area contributed by atoms with Gasteiger partial charge in [-0.05, 0) is 77.5 Å². The molecule has 0 saturated heterocycles. The largest absolute Gasteiger partial charge is 0.480 e. The molecule has 1 aromatic heterocycles. The van der Waals surface area contributed by atoms with Crippen molar-refractivity contribution in [1.82, 2.24) is 15.2 Å². The number of halogens is 2. The van der Waals surface area contributed by atoms with Gasteiger partial charge in [-0.2, -0.15) is 0 Å². The molecule has 1 aromatic rings. The van der Waals surface area contributed by atoms with Crippen molar-refractivity contribution in [2.75, 3.05) is 38.1 Å². The number of aryl methyl sites for hydroxylation is 2. The molecular weight excluding hydrogens is 458 g/mol. The molecule has 1 amide bonds. The van der Waals surface area contributed by atoms with Gasteiger partial charge in [-0.25, -0.2) is 18.6 Å². The van der Waals surface area contributed by atoms with Crippen LogP contribution in [0.15, 0.2) is 12.1 Å². The van der Waals surface area contributed by atoms with Crippen LogP contribution in [0, 0.1) is 0 Å². The van der Waals surface area contributed by atoms with E-state index in [2.05, 4.69) is 27.7 Å². The molecule has 10 heteroatoms. The molecule has 198 valence electrons. The van der Waals surface area contributed by atoms with Crippen molar-refractivity contribution in [2.45, 2.75) is 83.8 Å². The van der Waals surface area contributed by atoms with Crippen LogP contribution in [0.1, 0.15) is 64.1 Å². The van der Waals surface area contributed by atoms with E-state index in [9.17, 15) is 23.5 Å². The van der Waals surface area contributed by atoms with Gasteiger partial charge in [0.25, 0.3) is 5.92 Å². The Hall–Kier alpha value is -2.33. The topological polar surface area (TPSA) is 104 Å². The first kappa shape index (κ1) is 28.9. The van der Waals surface area contributed by atoms with E-state index >= 15 is 0 Å². The van der Waals surface area contributed by atoms with Crippen molar-refractivity contribution in [3.05, 3.63) is 23.4 Å². The molecule has 35 heavy (non-hydrogen) atoms. The SMILES string of the molecule is CC(C)OCCN(CCCCc1ccc2c(n1)NCCC2)CCC(NC(=O)CC(C)(F)F)C(=O)O. The van der Waals surface area contributed by atoms with Crippen LogP contribution >= 0.6 is 0 Å². The highest BCUT2D eigenvalue weighted by molar-refractivity contribution is 5.83. The third-order valence-corrected chi connectivity index (χ3v) is 5.81. The van der Waals surface area contributed by atoms with Gasteiger partial charge in [0.2, 0.25) is 5.91 Å². The van der Waals surface area contributed by atoms with E-state index in [-0.39, 0.29) is 12.5 Å². The molecule has 0 radical (unpaired) electrons. The number of pyridine rings is 1. The van der Waals surface area contributed by atoms with Crippen LogP contribution in [0.2, 0.25) is 0 Å². The Kier molecular flexibility index (Phi) is 11.8. The summed E-state index contributed by atoms with van der Waals surface area (Å²) < 4.78 is 31.8. The number of hydrogen-bond acceptors (Lipinski definition) is 6. The summed E-state index contributed by atoms with van der Waals surface area (Å²) in [5.74, 6) is -4.39. The van der Waals surface area contributed by atoms with Crippen molar-refractivity contribution in [3.8, 4) is 0 Å². The van der Waals surface area contributed by atoms with Gasteiger partial charge < -0.3 is 25.4 Å². The molecule has 1 aliphatic heterocycles. The number of carbonyl (C=O) groups is 2. The van der Waals surface area contributed by atoms with Crippen molar-refractivity contribution in [1.29, 1.82) is 0 Å². The molecule has 1 aliphatic rings. The molecule has 3 N–H and O–H groups in total. The number of anilines is 1. The third kappa shape index (κ3) is 11.8. The van der Waals surface area contributed by atoms with E-state index in [1.54, 1.807) is 0 Å². The second kappa shape index (κ2) is 14.3. The molecule has 0 spiro atoms. The molecule has 1 atom stereocenters. The number of alkyl halides is 2. The van der Waals surface area contributed by atoms with E-state index < -0.39 is 30.3 Å². The minimum atomic E-state index is -3.18. The molecule has 8 nitrogen and oxygen atoms in total. The number of amides is 1. The summed E-state index contributed by atoms with van der Waals surface area (Å²) in [7, 11) is 0. The molecule has 2 rings (SSSR count). The number of carboxylic acid groups (broad SMARTS) is 1. The number of rotatable bonds is 16. The number of aliphatic carboxylic acids is 1. The zero-order chi connectivity index (χ0) is 25.8. The maximum absolute atomic E-state index is 13.1. The summed E-state index contributed by atoms with van der Waals surface area (Å²) in [6, 6.07) is 3.01. The van der Waals surface area contributed by atoms with Gasteiger partial charge >= 0.3 is 5.97 Å². The highest BCUT2D eigenvalue weighted by atomic mass is 19.3. The number of nitrogens with zero attached hydrogens (tertiary/aromatic N) is 2. The molecule has 0 bridgehead atoms. The van der Waals surface area contributed by atoms with Crippen LogP contribution in [0.5, 0.6) is 0 Å². The summed E-state index contributed by atoms with van der Waals surface area (Å²) in [5.41, 5.74) is 2.31. The van der Waals surface area contributed by atoms with Gasteiger partial charge in [0.05, 0.1) is 19.1 Å². The fourth-order valence-electron chi connectivity index (χ4n) is 4.00. The zero-order valence-corrected chi connectivity index (χ0v) is 21.1. The first-order valence-corrected chi connectivity index (χ1v) is 12.5. The number of carbonyl (C=O) groups excluding carboxylic acids is 1. The van der Waals surface area contributed by atoms with Gasteiger partial charge in [-0.3, -0.25) is 4.79 Å². The predicted octanol–water partition coefficient (Wildman–Crippen LogP) is 3.49. The Bertz CT molecular complexity index is 817. The van der Waals surface area contributed by atoms with Gasteiger partial charge in [-0.1, -0.05) is 6.07 Å². The summed E-state index contributed by atoms with van der Waals surface area (Å²) in [4.78, 5) is 30.2. The van der Waals surface area contributed by atoms with Crippen molar-refractivity contribution >= 4 is 17.7 Å². The number of nitrogens with one attached hydrogen (secondary N) is 2. The lowest BCUT2D eigenvalue weighted by atomic mass is 10.1. The Morgan fingerprint density at radius 3 is 2.71 bits per heavy atom. The minimum Gasteiger partial charge on any atom is -0.480 e. The number of ether oxygens (including phenoxy) is 1. The summed E-state index contributed by atoms with van der Waals surface area (Å²) in [6.45, 7) is 7.74. The predicted molar refractivity (Wildman–Crippen MR) is 131 cm³/mol. The Morgan fingerprint density at radius 2 is 2.03 bits per heavy atom. The van der Waals surface area contributed by atoms with Crippen LogP contribution in [-0.4, -0.2) is 77.7 Å². The average molecular weight is 499 g/mol. The summed E-state index contributed by atoms with van der Waals surface area (Å²) >= 11 is 0.